The molecule has 1 saturated heterocycles. The lowest BCUT2D eigenvalue weighted by Gasteiger charge is -2.36. The minimum Gasteiger partial charge on any atom is -0.337 e. The number of fused-ring (bicyclic) bond motifs is 1. The van der Waals surface area contributed by atoms with Crippen molar-refractivity contribution < 1.29 is 9.59 Å². The molecule has 1 fully saturated rings. The third kappa shape index (κ3) is 2.56. The molecule has 1 aromatic carbocycles. The standard InChI is InChI=1S/C19H19N3O2/c23-18-16-6-2-1-5-14(16)13-22(18)15-8-11-21(12-9-15)19(24)17-7-3-4-10-20-17/h1-7,10,15H,8-9,11-13H2. The first-order valence-electron chi connectivity index (χ1n) is 8.33. The smallest absolute Gasteiger partial charge is 0.272 e. The Morgan fingerprint density at radius 2 is 1.79 bits per heavy atom. The third-order valence-electron chi connectivity index (χ3n) is 4.93. The Labute approximate surface area is 140 Å². The van der Waals surface area contributed by atoms with E-state index in [9.17, 15) is 9.59 Å². The fourth-order valence-corrected chi connectivity index (χ4v) is 3.60. The van der Waals surface area contributed by atoms with Gasteiger partial charge in [0.15, 0.2) is 0 Å². The Morgan fingerprint density at radius 1 is 1.04 bits per heavy atom. The van der Waals surface area contributed by atoms with Gasteiger partial charge in [-0.25, -0.2) is 0 Å². The molecule has 24 heavy (non-hydrogen) atoms. The highest BCUT2D eigenvalue weighted by molar-refractivity contribution is 5.98. The molecule has 1 aromatic heterocycles. The number of hydrogen-bond acceptors (Lipinski definition) is 3. The van der Waals surface area contributed by atoms with Crippen LogP contribution in [0.2, 0.25) is 0 Å². The molecule has 0 unspecified atom stereocenters. The predicted molar refractivity (Wildman–Crippen MR) is 89.5 cm³/mol. The number of pyridine rings is 1. The number of rotatable bonds is 2. The first-order chi connectivity index (χ1) is 11.7. The number of benzene rings is 1. The van der Waals surface area contributed by atoms with E-state index in [0.717, 1.165) is 24.0 Å². The van der Waals surface area contributed by atoms with Crippen molar-refractivity contribution >= 4 is 11.8 Å². The summed E-state index contributed by atoms with van der Waals surface area (Å²) in [5.74, 6) is 0.102. The van der Waals surface area contributed by atoms with Crippen LogP contribution in [0.5, 0.6) is 0 Å². The number of hydrogen-bond donors (Lipinski definition) is 0. The first kappa shape index (κ1) is 14.9. The van der Waals surface area contributed by atoms with Crippen molar-refractivity contribution in [2.75, 3.05) is 13.1 Å². The monoisotopic (exact) mass is 321 g/mol. The molecule has 0 radical (unpaired) electrons. The zero-order valence-electron chi connectivity index (χ0n) is 13.4. The van der Waals surface area contributed by atoms with E-state index in [2.05, 4.69) is 4.98 Å². The van der Waals surface area contributed by atoms with Crippen molar-refractivity contribution in [2.24, 2.45) is 0 Å². The van der Waals surface area contributed by atoms with Gasteiger partial charge in [-0.3, -0.25) is 14.6 Å². The molecule has 0 bridgehead atoms. The quantitative estimate of drug-likeness (QED) is 0.853. The SMILES string of the molecule is O=C(c1ccccn1)N1CCC(N2Cc3ccccc3C2=O)CC1. The van der Waals surface area contributed by atoms with Crippen LogP contribution in [-0.2, 0) is 6.54 Å². The average molecular weight is 321 g/mol. The topological polar surface area (TPSA) is 53.5 Å². The molecular weight excluding hydrogens is 302 g/mol. The van der Waals surface area contributed by atoms with Gasteiger partial charge >= 0.3 is 0 Å². The predicted octanol–water partition coefficient (Wildman–Crippen LogP) is 2.34. The summed E-state index contributed by atoms with van der Waals surface area (Å²) in [6, 6.07) is 13.4. The maximum atomic E-state index is 12.6. The van der Waals surface area contributed by atoms with E-state index in [1.807, 2.05) is 40.1 Å². The van der Waals surface area contributed by atoms with E-state index in [-0.39, 0.29) is 17.9 Å². The molecular formula is C19H19N3O2. The average Bonchev–Trinajstić information content (AvgIpc) is 2.99. The minimum atomic E-state index is -0.0231. The molecule has 2 aromatic rings. The molecule has 0 saturated carbocycles. The summed E-state index contributed by atoms with van der Waals surface area (Å²) < 4.78 is 0. The second-order valence-electron chi connectivity index (χ2n) is 6.33. The van der Waals surface area contributed by atoms with Crippen molar-refractivity contribution in [3.63, 3.8) is 0 Å². The summed E-state index contributed by atoms with van der Waals surface area (Å²) in [6.45, 7) is 2.02. The van der Waals surface area contributed by atoms with Gasteiger partial charge in [0.05, 0.1) is 0 Å². The van der Waals surface area contributed by atoms with Crippen molar-refractivity contribution in [3.05, 3.63) is 65.5 Å². The molecule has 0 N–H and O–H groups in total. The van der Waals surface area contributed by atoms with Gasteiger partial charge in [0.1, 0.15) is 5.69 Å². The summed E-state index contributed by atoms with van der Waals surface area (Å²) >= 11 is 0. The van der Waals surface area contributed by atoms with E-state index in [1.54, 1.807) is 18.3 Å². The highest BCUT2D eigenvalue weighted by Crippen LogP contribution is 2.28. The number of carbonyl (C=O) groups excluding carboxylic acids is 2. The van der Waals surface area contributed by atoms with Crippen molar-refractivity contribution in [2.45, 2.75) is 25.4 Å². The summed E-state index contributed by atoms with van der Waals surface area (Å²) in [5.41, 5.74) is 2.42. The van der Waals surface area contributed by atoms with Crippen molar-refractivity contribution in [1.29, 1.82) is 0 Å². The molecule has 2 aliphatic rings. The van der Waals surface area contributed by atoms with Crippen LogP contribution in [0, 0.1) is 0 Å². The van der Waals surface area contributed by atoms with Crippen LogP contribution in [0.25, 0.3) is 0 Å². The van der Waals surface area contributed by atoms with Gasteiger partial charge in [0, 0.05) is 37.4 Å². The number of piperidine rings is 1. The molecule has 4 rings (SSSR count). The Balaban J connectivity index is 1.41. The van der Waals surface area contributed by atoms with Crippen LogP contribution in [0.15, 0.2) is 48.7 Å². The van der Waals surface area contributed by atoms with Gasteiger partial charge in [-0.1, -0.05) is 24.3 Å². The van der Waals surface area contributed by atoms with Crippen LogP contribution >= 0.6 is 0 Å². The highest BCUT2D eigenvalue weighted by atomic mass is 16.2. The Bertz CT molecular complexity index is 767. The zero-order valence-corrected chi connectivity index (χ0v) is 13.4. The Kier molecular flexibility index (Phi) is 3.76. The fourth-order valence-electron chi connectivity index (χ4n) is 3.60. The largest absolute Gasteiger partial charge is 0.337 e. The highest BCUT2D eigenvalue weighted by Gasteiger charge is 2.35. The van der Waals surface area contributed by atoms with Crippen LogP contribution in [-0.4, -0.2) is 45.7 Å². The number of likely N-dealkylation sites (tertiary alicyclic amines) is 1. The number of carbonyl (C=O) groups is 2. The van der Waals surface area contributed by atoms with Gasteiger partial charge in [-0.2, -0.15) is 0 Å². The zero-order chi connectivity index (χ0) is 16.5. The lowest BCUT2D eigenvalue weighted by atomic mass is 10.0. The third-order valence-corrected chi connectivity index (χ3v) is 4.93. The maximum Gasteiger partial charge on any atom is 0.272 e. The first-order valence-corrected chi connectivity index (χ1v) is 8.33. The van der Waals surface area contributed by atoms with E-state index >= 15 is 0 Å². The summed E-state index contributed by atoms with van der Waals surface area (Å²) in [6.07, 6.45) is 3.27. The van der Waals surface area contributed by atoms with E-state index in [1.165, 1.54) is 0 Å². The molecule has 0 aliphatic carbocycles. The van der Waals surface area contributed by atoms with Crippen molar-refractivity contribution in [3.8, 4) is 0 Å². The molecule has 0 spiro atoms. The normalized spacial score (nSPS) is 17.9. The number of nitrogens with zero attached hydrogens (tertiary/aromatic N) is 3. The number of aromatic nitrogens is 1. The lowest BCUT2D eigenvalue weighted by Crippen LogP contribution is -2.47. The molecule has 5 heteroatoms. The van der Waals surface area contributed by atoms with Gasteiger partial charge in [-0.15, -0.1) is 0 Å². The van der Waals surface area contributed by atoms with Gasteiger partial charge in [0.25, 0.3) is 11.8 Å². The molecule has 5 nitrogen and oxygen atoms in total. The van der Waals surface area contributed by atoms with Gasteiger partial charge in [0.2, 0.25) is 0 Å². The molecule has 2 aliphatic heterocycles. The molecule has 3 heterocycles. The maximum absolute atomic E-state index is 12.6. The fraction of sp³-hybridized carbons (Fsp3) is 0.316. The van der Waals surface area contributed by atoms with Crippen LogP contribution in [0.4, 0.5) is 0 Å². The van der Waals surface area contributed by atoms with Crippen LogP contribution in [0.1, 0.15) is 39.3 Å². The Hall–Kier alpha value is -2.69. The second kappa shape index (κ2) is 6.07. The summed E-state index contributed by atoms with van der Waals surface area (Å²) in [4.78, 5) is 33.0. The van der Waals surface area contributed by atoms with Crippen LogP contribution in [0.3, 0.4) is 0 Å². The van der Waals surface area contributed by atoms with Crippen LogP contribution < -0.4 is 0 Å². The Morgan fingerprint density at radius 3 is 2.50 bits per heavy atom. The van der Waals surface area contributed by atoms with E-state index in [0.29, 0.717) is 25.3 Å². The number of amides is 2. The van der Waals surface area contributed by atoms with E-state index in [4.69, 9.17) is 0 Å². The molecule has 122 valence electrons. The molecule has 2 amide bonds. The second-order valence-corrected chi connectivity index (χ2v) is 6.33. The van der Waals surface area contributed by atoms with Crippen molar-refractivity contribution in [1.82, 2.24) is 14.8 Å². The summed E-state index contributed by atoms with van der Waals surface area (Å²) in [7, 11) is 0. The van der Waals surface area contributed by atoms with Gasteiger partial charge < -0.3 is 9.80 Å². The lowest BCUT2D eigenvalue weighted by molar-refractivity contribution is 0.0532. The molecule has 0 atom stereocenters. The van der Waals surface area contributed by atoms with Gasteiger partial charge in [-0.05, 0) is 36.6 Å². The summed E-state index contributed by atoms with van der Waals surface area (Å²) in [5, 5.41) is 0. The van der Waals surface area contributed by atoms with E-state index < -0.39 is 0 Å². The minimum absolute atomic E-state index is 0.0231.